The number of carbonyl (C=O) groups is 2. The summed E-state index contributed by atoms with van der Waals surface area (Å²) >= 11 is 1.47. The van der Waals surface area contributed by atoms with Gasteiger partial charge in [-0.05, 0) is 36.6 Å². The van der Waals surface area contributed by atoms with E-state index in [2.05, 4.69) is 10.3 Å². The zero-order valence-electron chi connectivity index (χ0n) is 16.1. The molecule has 2 heterocycles. The summed E-state index contributed by atoms with van der Waals surface area (Å²) in [6.07, 6.45) is 2.35. The van der Waals surface area contributed by atoms with Gasteiger partial charge in [0.15, 0.2) is 5.58 Å². The number of aromatic nitrogens is 1. The van der Waals surface area contributed by atoms with Gasteiger partial charge in [-0.2, -0.15) is 0 Å². The number of hydrogen-bond acceptors (Lipinski definition) is 5. The molecule has 1 N–H and O–H groups in total. The minimum atomic E-state index is -0.0912. The van der Waals surface area contributed by atoms with Crippen LogP contribution in [0, 0.1) is 0 Å². The Hall–Kier alpha value is -2.80. The number of nitrogens with zero attached hydrogens (tertiary/aromatic N) is 2. The molecule has 2 aromatic carbocycles. The van der Waals surface area contributed by atoms with Crippen LogP contribution in [0.2, 0.25) is 0 Å². The lowest BCUT2D eigenvalue weighted by Gasteiger charge is -2.15. The molecule has 0 aliphatic carbocycles. The van der Waals surface area contributed by atoms with Crippen molar-refractivity contribution in [3.8, 4) is 0 Å². The fourth-order valence-corrected chi connectivity index (χ4v) is 4.27. The molecule has 0 unspecified atom stereocenters. The van der Waals surface area contributed by atoms with E-state index in [1.165, 1.54) is 11.8 Å². The molecule has 150 valence electrons. The molecule has 1 aliphatic heterocycles. The van der Waals surface area contributed by atoms with Crippen LogP contribution < -0.4 is 5.32 Å². The summed E-state index contributed by atoms with van der Waals surface area (Å²) in [5.74, 6) is 0.725. The van der Waals surface area contributed by atoms with Crippen LogP contribution in [0.1, 0.15) is 35.2 Å². The largest absolute Gasteiger partial charge is 0.431 e. The highest BCUT2D eigenvalue weighted by Gasteiger charge is 2.19. The van der Waals surface area contributed by atoms with Crippen molar-refractivity contribution in [3.63, 3.8) is 0 Å². The van der Waals surface area contributed by atoms with E-state index in [0.717, 1.165) is 36.0 Å². The quantitative estimate of drug-likeness (QED) is 0.452. The molecule has 1 aliphatic rings. The van der Waals surface area contributed by atoms with Crippen molar-refractivity contribution >= 4 is 34.7 Å². The third-order valence-corrected chi connectivity index (χ3v) is 5.83. The van der Waals surface area contributed by atoms with Crippen LogP contribution in [0.25, 0.3) is 11.1 Å². The molecule has 7 heteroatoms. The third kappa shape index (κ3) is 4.79. The molecular weight excluding hydrogens is 386 g/mol. The maximum absolute atomic E-state index is 12.6. The molecule has 1 saturated heterocycles. The Morgan fingerprint density at radius 2 is 2.00 bits per heavy atom. The van der Waals surface area contributed by atoms with Gasteiger partial charge >= 0.3 is 0 Å². The number of likely N-dealkylation sites (tertiary alicyclic amines) is 1. The number of benzene rings is 2. The van der Waals surface area contributed by atoms with Gasteiger partial charge in [0, 0.05) is 37.4 Å². The van der Waals surface area contributed by atoms with E-state index in [1.54, 1.807) is 0 Å². The second-order valence-electron chi connectivity index (χ2n) is 6.99. The molecule has 1 aromatic heterocycles. The Bertz CT molecular complexity index is 984. The van der Waals surface area contributed by atoms with E-state index < -0.39 is 0 Å². The molecule has 29 heavy (non-hydrogen) atoms. The zero-order valence-corrected chi connectivity index (χ0v) is 16.9. The predicted octanol–water partition coefficient (Wildman–Crippen LogP) is 3.86. The minimum Gasteiger partial charge on any atom is -0.431 e. The Balaban J connectivity index is 1.32. The van der Waals surface area contributed by atoms with Crippen LogP contribution >= 0.6 is 11.8 Å². The predicted molar refractivity (Wildman–Crippen MR) is 113 cm³/mol. The van der Waals surface area contributed by atoms with Crippen LogP contribution in [0.3, 0.4) is 0 Å². The van der Waals surface area contributed by atoms with E-state index in [-0.39, 0.29) is 11.8 Å². The first kappa shape index (κ1) is 19.5. The van der Waals surface area contributed by atoms with Crippen molar-refractivity contribution < 1.29 is 14.0 Å². The van der Waals surface area contributed by atoms with Gasteiger partial charge in [-0.3, -0.25) is 9.59 Å². The van der Waals surface area contributed by atoms with Gasteiger partial charge in [0.2, 0.25) is 5.91 Å². The van der Waals surface area contributed by atoms with Crippen LogP contribution in [0.4, 0.5) is 0 Å². The lowest BCUT2D eigenvalue weighted by atomic mass is 10.1. The van der Waals surface area contributed by atoms with Gasteiger partial charge in [-0.15, -0.1) is 0 Å². The SMILES string of the molecule is O=C(NCCCN1CCCC1=O)c1ccccc1CSc1nc2ccccc2o1. The van der Waals surface area contributed by atoms with Crippen LogP contribution in [-0.2, 0) is 10.5 Å². The van der Waals surface area contributed by atoms with Crippen LogP contribution in [0.5, 0.6) is 0 Å². The number of hydrogen-bond donors (Lipinski definition) is 1. The Kier molecular flexibility index (Phi) is 6.14. The van der Waals surface area contributed by atoms with Crippen molar-refractivity contribution in [2.24, 2.45) is 0 Å². The number of fused-ring (bicyclic) bond motifs is 1. The number of para-hydroxylation sites is 2. The summed E-state index contributed by atoms with van der Waals surface area (Å²) in [7, 11) is 0. The third-order valence-electron chi connectivity index (χ3n) is 4.95. The molecule has 0 spiro atoms. The second kappa shape index (κ2) is 9.13. The molecule has 3 aromatic rings. The molecule has 6 nitrogen and oxygen atoms in total. The number of thioether (sulfide) groups is 1. The van der Waals surface area contributed by atoms with Gasteiger partial charge in [-0.1, -0.05) is 42.1 Å². The molecule has 2 amide bonds. The fraction of sp³-hybridized carbons (Fsp3) is 0.318. The summed E-state index contributed by atoms with van der Waals surface area (Å²) < 4.78 is 5.75. The highest BCUT2D eigenvalue weighted by Crippen LogP contribution is 2.27. The molecule has 0 radical (unpaired) electrons. The first-order valence-electron chi connectivity index (χ1n) is 9.83. The summed E-state index contributed by atoms with van der Waals surface area (Å²) in [4.78, 5) is 30.6. The summed E-state index contributed by atoms with van der Waals surface area (Å²) in [5, 5.41) is 3.57. The highest BCUT2D eigenvalue weighted by molar-refractivity contribution is 7.98. The minimum absolute atomic E-state index is 0.0912. The van der Waals surface area contributed by atoms with Gasteiger partial charge in [0.1, 0.15) is 5.52 Å². The molecule has 0 atom stereocenters. The lowest BCUT2D eigenvalue weighted by molar-refractivity contribution is -0.127. The smallest absolute Gasteiger partial charge is 0.257 e. The first-order chi connectivity index (χ1) is 14.2. The zero-order chi connectivity index (χ0) is 20.1. The summed E-state index contributed by atoms with van der Waals surface area (Å²) in [6.45, 7) is 2.09. The van der Waals surface area contributed by atoms with E-state index in [0.29, 0.717) is 36.0 Å². The number of carbonyl (C=O) groups excluding carboxylic acids is 2. The molecular formula is C22H23N3O3S. The number of nitrogens with one attached hydrogen (secondary N) is 1. The highest BCUT2D eigenvalue weighted by atomic mass is 32.2. The standard InChI is InChI=1S/C22H23N3O3S/c26-20-11-5-13-25(20)14-6-12-23-21(27)17-8-2-1-7-16(17)15-29-22-24-18-9-3-4-10-19(18)28-22/h1-4,7-10H,5-6,11-15H2,(H,23,27). The lowest BCUT2D eigenvalue weighted by Crippen LogP contribution is -2.31. The van der Waals surface area contributed by atoms with Gasteiger partial charge in [0.05, 0.1) is 0 Å². The maximum Gasteiger partial charge on any atom is 0.257 e. The first-order valence-corrected chi connectivity index (χ1v) is 10.8. The normalized spacial score (nSPS) is 13.9. The summed E-state index contributed by atoms with van der Waals surface area (Å²) in [6, 6.07) is 15.2. The molecule has 4 rings (SSSR count). The van der Waals surface area contributed by atoms with Gasteiger partial charge in [-0.25, -0.2) is 4.98 Å². The number of amides is 2. The van der Waals surface area contributed by atoms with E-state index in [9.17, 15) is 9.59 Å². The average Bonchev–Trinajstić information content (AvgIpc) is 3.35. The topological polar surface area (TPSA) is 75.4 Å². The summed E-state index contributed by atoms with van der Waals surface area (Å²) in [5.41, 5.74) is 3.19. The number of rotatable bonds is 8. The van der Waals surface area contributed by atoms with Crippen molar-refractivity contribution in [2.45, 2.75) is 30.2 Å². The van der Waals surface area contributed by atoms with Crippen molar-refractivity contribution in [2.75, 3.05) is 19.6 Å². The van der Waals surface area contributed by atoms with E-state index >= 15 is 0 Å². The van der Waals surface area contributed by atoms with Gasteiger partial charge < -0.3 is 14.6 Å². The Labute approximate surface area is 173 Å². The number of oxazole rings is 1. The molecule has 0 saturated carbocycles. The average molecular weight is 410 g/mol. The maximum atomic E-state index is 12.6. The fourth-order valence-electron chi connectivity index (χ4n) is 3.43. The van der Waals surface area contributed by atoms with Crippen molar-refractivity contribution in [1.82, 2.24) is 15.2 Å². The molecule has 1 fully saturated rings. The van der Waals surface area contributed by atoms with E-state index in [4.69, 9.17) is 4.42 Å². The van der Waals surface area contributed by atoms with Crippen molar-refractivity contribution in [1.29, 1.82) is 0 Å². The van der Waals surface area contributed by atoms with Crippen molar-refractivity contribution in [3.05, 3.63) is 59.7 Å². The monoisotopic (exact) mass is 409 g/mol. The van der Waals surface area contributed by atoms with Crippen LogP contribution in [-0.4, -0.2) is 41.3 Å². The van der Waals surface area contributed by atoms with Crippen LogP contribution in [0.15, 0.2) is 58.2 Å². The second-order valence-corrected chi connectivity index (χ2v) is 7.91. The van der Waals surface area contributed by atoms with Gasteiger partial charge in [0.25, 0.3) is 11.1 Å². The van der Waals surface area contributed by atoms with E-state index in [1.807, 2.05) is 53.4 Å². The molecule has 0 bridgehead atoms. The Morgan fingerprint density at radius 3 is 2.83 bits per heavy atom. The Morgan fingerprint density at radius 1 is 1.17 bits per heavy atom.